The SMILES string of the molecule is COCCN1C(=O)c2ccccc2NC1C(C)=Cc1ccccc1. The number of carbonyl (C=O) groups excluding carboxylic acids is 1. The fourth-order valence-electron chi connectivity index (χ4n) is 2.96. The molecule has 0 aliphatic carbocycles. The Morgan fingerprint density at radius 3 is 2.62 bits per heavy atom. The van der Waals surface area contributed by atoms with Gasteiger partial charge in [-0.15, -0.1) is 0 Å². The third kappa shape index (κ3) is 3.34. The molecule has 0 spiro atoms. The molecule has 1 heterocycles. The Hall–Kier alpha value is -2.59. The van der Waals surface area contributed by atoms with Crippen molar-refractivity contribution in [3.05, 3.63) is 71.3 Å². The topological polar surface area (TPSA) is 41.6 Å². The number of nitrogens with zero attached hydrogens (tertiary/aromatic N) is 1. The summed E-state index contributed by atoms with van der Waals surface area (Å²) in [5.74, 6) is 0.0345. The van der Waals surface area contributed by atoms with Crippen LogP contribution >= 0.6 is 0 Å². The number of carbonyl (C=O) groups is 1. The fraction of sp³-hybridized carbons (Fsp3) is 0.250. The van der Waals surface area contributed by atoms with Crippen molar-refractivity contribution < 1.29 is 9.53 Å². The second kappa shape index (κ2) is 7.32. The molecule has 4 heteroatoms. The molecular formula is C20H22N2O2. The quantitative estimate of drug-likeness (QED) is 0.914. The highest BCUT2D eigenvalue weighted by molar-refractivity contribution is 6.02. The van der Waals surface area contributed by atoms with Crippen LogP contribution in [0.1, 0.15) is 22.8 Å². The van der Waals surface area contributed by atoms with Crippen LogP contribution in [0.3, 0.4) is 0 Å². The molecule has 3 rings (SSSR count). The van der Waals surface area contributed by atoms with E-state index in [1.54, 1.807) is 7.11 Å². The molecule has 1 aliphatic heterocycles. The highest BCUT2D eigenvalue weighted by Gasteiger charge is 2.32. The summed E-state index contributed by atoms with van der Waals surface area (Å²) in [6.07, 6.45) is 1.93. The highest BCUT2D eigenvalue weighted by Crippen LogP contribution is 2.28. The van der Waals surface area contributed by atoms with Gasteiger partial charge in [-0.3, -0.25) is 4.79 Å². The predicted octanol–water partition coefficient (Wildman–Crippen LogP) is 3.63. The summed E-state index contributed by atoms with van der Waals surface area (Å²) < 4.78 is 5.19. The van der Waals surface area contributed by atoms with Crippen LogP contribution in [-0.4, -0.2) is 37.2 Å². The van der Waals surface area contributed by atoms with Gasteiger partial charge in [0.1, 0.15) is 6.17 Å². The predicted molar refractivity (Wildman–Crippen MR) is 96.9 cm³/mol. The van der Waals surface area contributed by atoms with E-state index in [9.17, 15) is 4.79 Å². The van der Waals surface area contributed by atoms with Crippen molar-refractivity contribution in [2.75, 3.05) is 25.6 Å². The van der Waals surface area contributed by atoms with E-state index in [2.05, 4.69) is 23.5 Å². The largest absolute Gasteiger partial charge is 0.383 e. The minimum atomic E-state index is -0.178. The van der Waals surface area contributed by atoms with Gasteiger partial charge < -0.3 is 15.0 Å². The molecule has 1 unspecified atom stereocenters. The number of methoxy groups -OCH3 is 1. The Kier molecular flexibility index (Phi) is 4.96. The van der Waals surface area contributed by atoms with Crippen LogP contribution in [0.5, 0.6) is 0 Å². The molecule has 0 radical (unpaired) electrons. The van der Waals surface area contributed by atoms with Crippen molar-refractivity contribution >= 4 is 17.7 Å². The average molecular weight is 322 g/mol. The number of anilines is 1. The van der Waals surface area contributed by atoms with Gasteiger partial charge in [-0.05, 0) is 30.2 Å². The van der Waals surface area contributed by atoms with Gasteiger partial charge in [0, 0.05) is 19.3 Å². The number of para-hydroxylation sites is 1. The summed E-state index contributed by atoms with van der Waals surface area (Å²) in [7, 11) is 1.65. The van der Waals surface area contributed by atoms with E-state index >= 15 is 0 Å². The second-order valence-corrected chi connectivity index (χ2v) is 5.88. The molecule has 2 aromatic carbocycles. The van der Waals surface area contributed by atoms with Crippen molar-refractivity contribution in [2.24, 2.45) is 0 Å². The van der Waals surface area contributed by atoms with Crippen LogP contribution in [0.25, 0.3) is 6.08 Å². The number of rotatable bonds is 5. The smallest absolute Gasteiger partial charge is 0.257 e. The molecule has 1 N–H and O–H groups in total. The first kappa shape index (κ1) is 16.3. The first-order chi connectivity index (χ1) is 11.7. The first-order valence-electron chi connectivity index (χ1n) is 8.09. The zero-order valence-corrected chi connectivity index (χ0v) is 14.0. The van der Waals surface area contributed by atoms with Crippen LogP contribution in [0.15, 0.2) is 60.2 Å². The number of hydrogen-bond donors (Lipinski definition) is 1. The molecule has 4 nitrogen and oxygen atoms in total. The molecule has 24 heavy (non-hydrogen) atoms. The fourth-order valence-corrected chi connectivity index (χ4v) is 2.96. The summed E-state index contributed by atoms with van der Waals surface area (Å²) in [6.45, 7) is 3.09. The number of nitrogens with one attached hydrogen (secondary N) is 1. The standard InChI is InChI=1S/C20H22N2O2/c1-15(14-16-8-4-3-5-9-16)19-21-18-11-7-6-10-17(18)20(23)22(19)12-13-24-2/h3-11,14,19,21H,12-13H2,1-2H3. The Morgan fingerprint density at radius 1 is 1.17 bits per heavy atom. The molecule has 0 fully saturated rings. The van der Waals surface area contributed by atoms with Crippen LogP contribution in [0.4, 0.5) is 5.69 Å². The lowest BCUT2D eigenvalue weighted by Gasteiger charge is -2.38. The van der Waals surface area contributed by atoms with Gasteiger partial charge in [-0.25, -0.2) is 0 Å². The number of ether oxygens (including phenoxy) is 1. The van der Waals surface area contributed by atoms with Crippen LogP contribution < -0.4 is 5.32 Å². The molecule has 0 saturated heterocycles. The molecule has 0 aromatic heterocycles. The van der Waals surface area contributed by atoms with Crippen molar-refractivity contribution in [3.63, 3.8) is 0 Å². The number of amides is 1. The minimum Gasteiger partial charge on any atom is -0.383 e. The number of fused-ring (bicyclic) bond motifs is 1. The van der Waals surface area contributed by atoms with E-state index in [4.69, 9.17) is 4.74 Å². The summed E-state index contributed by atoms with van der Waals surface area (Å²) >= 11 is 0. The van der Waals surface area contributed by atoms with E-state index in [1.165, 1.54) is 0 Å². The van der Waals surface area contributed by atoms with Gasteiger partial charge in [0.25, 0.3) is 5.91 Å². The average Bonchev–Trinajstić information content (AvgIpc) is 2.61. The normalized spacial score (nSPS) is 17.4. The third-order valence-corrected chi connectivity index (χ3v) is 4.18. The molecule has 0 saturated carbocycles. The second-order valence-electron chi connectivity index (χ2n) is 5.88. The maximum absolute atomic E-state index is 12.9. The molecule has 0 bridgehead atoms. The lowest BCUT2D eigenvalue weighted by Crippen LogP contribution is -2.50. The number of hydrogen-bond acceptors (Lipinski definition) is 3. The van der Waals surface area contributed by atoms with E-state index in [1.807, 2.05) is 54.3 Å². The van der Waals surface area contributed by atoms with Crippen molar-refractivity contribution in [2.45, 2.75) is 13.1 Å². The Bertz CT molecular complexity index is 740. The maximum atomic E-state index is 12.9. The van der Waals surface area contributed by atoms with Gasteiger partial charge in [0.2, 0.25) is 0 Å². The van der Waals surface area contributed by atoms with Gasteiger partial charge >= 0.3 is 0 Å². The Labute approximate surface area is 142 Å². The molecule has 124 valence electrons. The Morgan fingerprint density at radius 2 is 1.88 bits per heavy atom. The van der Waals surface area contributed by atoms with E-state index < -0.39 is 0 Å². The minimum absolute atomic E-state index is 0.0345. The van der Waals surface area contributed by atoms with Crippen molar-refractivity contribution in [3.8, 4) is 0 Å². The molecule has 1 aliphatic rings. The van der Waals surface area contributed by atoms with Crippen LogP contribution in [0, 0.1) is 0 Å². The first-order valence-corrected chi connectivity index (χ1v) is 8.09. The monoisotopic (exact) mass is 322 g/mol. The third-order valence-electron chi connectivity index (χ3n) is 4.18. The summed E-state index contributed by atoms with van der Waals surface area (Å²) in [4.78, 5) is 14.7. The lowest BCUT2D eigenvalue weighted by molar-refractivity contribution is 0.0642. The zero-order chi connectivity index (χ0) is 16.9. The Balaban J connectivity index is 1.94. The van der Waals surface area contributed by atoms with E-state index in [0.717, 1.165) is 16.8 Å². The van der Waals surface area contributed by atoms with E-state index in [-0.39, 0.29) is 12.1 Å². The number of benzene rings is 2. The van der Waals surface area contributed by atoms with Crippen molar-refractivity contribution in [1.29, 1.82) is 0 Å². The zero-order valence-electron chi connectivity index (χ0n) is 14.0. The highest BCUT2D eigenvalue weighted by atomic mass is 16.5. The molecular weight excluding hydrogens is 300 g/mol. The lowest BCUT2D eigenvalue weighted by atomic mass is 10.0. The maximum Gasteiger partial charge on any atom is 0.257 e. The van der Waals surface area contributed by atoms with E-state index in [0.29, 0.717) is 18.7 Å². The molecule has 2 aromatic rings. The van der Waals surface area contributed by atoms with Gasteiger partial charge in [0.15, 0.2) is 0 Å². The summed E-state index contributed by atoms with van der Waals surface area (Å²) in [5.41, 5.74) is 3.79. The molecule has 1 atom stereocenters. The molecule has 1 amide bonds. The van der Waals surface area contributed by atoms with Gasteiger partial charge in [0.05, 0.1) is 12.2 Å². The van der Waals surface area contributed by atoms with Crippen molar-refractivity contribution in [1.82, 2.24) is 4.90 Å². The summed E-state index contributed by atoms with van der Waals surface area (Å²) in [6, 6.07) is 17.8. The van der Waals surface area contributed by atoms with Crippen LogP contribution in [0.2, 0.25) is 0 Å². The van der Waals surface area contributed by atoms with Gasteiger partial charge in [-0.2, -0.15) is 0 Å². The van der Waals surface area contributed by atoms with Crippen LogP contribution in [-0.2, 0) is 4.74 Å². The van der Waals surface area contributed by atoms with Gasteiger partial charge in [-0.1, -0.05) is 48.5 Å². The summed E-state index contributed by atoms with van der Waals surface area (Å²) in [5, 5.41) is 3.49.